The maximum absolute atomic E-state index is 4.21. The molecule has 2 heterocycles. The van der Waals surface area contributed by atoms with E-state index in [-0.39, 0.29) is 0 Å². The molecule has 0 aromatic carbocycles. The molecule has 5 nitrogen and oxygen atoms in total. The van der Waals surface area contributed by atoms with Crippen LogP contribution in [0.25, 0.3) is 0 Å². The third-order valence-corrected chi connectivity index (χ3v) is 4.22. The minimum Gasteiger partial charge on any atom is -0.311 e. The van der Waals surface area contributed by atoms with Gasteiger partial charge < -0.3 is 10.2 Å². The molecule has 0 aliphatic carbocycles. The lowest BCUT2D eigenvalue weighted by molar-refractivity contribution is 0.0875. The van der Waals surface area contributed by atoms with Crippen molar-refractivity contribution in [2.45, 2.75) is 26.4 Å². The highest BCUT2D eigenvalue weighted by atomic mass is 15.3. The highest BCUT2D eigenvalue weighted by Crippen LogP contribution is 2.13. The Morgan fingerprint density at radius 3 is 2.45 bits per heavy atom. The Balaban J connectivity index is 1.80. The molecule has 0 radical (unpaired) electrons. The zero-order chi connectivity index (χ0) is 14.5. The highest BCUT2D eigenvalue weighted by Gasteiger charge is 2.24. The Labute approximate surface area is 122 Å². The Hall–Kier alpha value is -0.910. The topological polar surface area (TPSA) is 36.3 Å². The Morgan fingerprint density at radius 1 is 1.20 bits per heavy atom. The first-order valence-electron chi connectivity index (χ1n) is 7.67. The normalized spacial score (nSPS) is 19.6. The van der Waals surface area contributed by atoms with Crippen LogP contribution in [0.3, 0.4) is 0 Å². The molecular weight excluding hydrogens is 250 g/mol. The molecule has 1 N–H and O–H groups in total. The van der Waals surface area contributed by atoms with Crippen molar-refractivity contribution < 1.29 is 0 Å². The zero-order valence-corrected chi connectivity index (χ0v) is 13.3. The first-order chi connectivity index (χ1) is 9.56. The van der Waals surface area contributed by atoms with Gasteiger partial charge in [-0.25, -0.2) is 0 Å². The number of hydrogen-bond acceptors (Lipinski definition) is 4. The van der Waals surface area contributed by atoms with Gasteiger partial charge in [-0.2, -0.15) is 5.10 Å². The number of nitrogens with zero attached hydrogens (tertiary/aromatic N) is 4. The molecule has 114 valence electrons. The van der Waals surface area contributed by atoms with Crippen molar-refractivity contribution >= 4 is 0 Å². The predicted molar refractivity (Wildman–Crippen MR) is 82.6 cm³/mol. The maximum atomic E-state index is 4.21. The van der Waals surface area contributed by atoms with Gasteiger partial charge in [-0.15, -0.1) is 0 Å². The zero-order valence-electron chi connectivity index (χ0n) is 13.3. The molecule has 0 bridgehead atoms. The summed E-state index contributed by atoms with van der Waals surface area (Å²) in [5.41, 5.74) is 1.26. The molecule has 2 rings (SSSR count). The molecule has 1 atom stereocenters. The van der Waals surface area contributed by atoms with Gasteiger partial charge >= 0.3 is 0 Å². The summed E-state index contributed by atoms with van der Waals surface area (Å²) in [7, 11) is 4.17. The standard InChI is InChI=1S/C15H29N5/c1-13(2)15(20-7-5-18(3)6-8-20)11-16-9-14-10-17-19(4)12-14/h10,12-13,15-16H,5-9,11H2,1-4H3. The molecule has 1 saturated heterocycles. The van der Waals surface area contributed by atoms with E-state index >= 15 is 0 Å². The third kappa shape index (κ3) is 4.30. The van der Waals surface area contributed by atoms with E-state index in [1.54, 1.807) is 0 Å². The average Bonchev–Trinajstić information content (AvgIpc) is 2.81. The van der Waals surface area contributed by atoms with Gasteiger partial charge in [0.05, 0.1) is 6.20 Å². The quantitative estimate of drug-likeness (QED) is 0.835. The third-order valence-electron chi connectivity index (χ3n) is 4.22. The number of hydrogen-bond donors (Lipinski definition) is 1. The Kier molecular flexibility index (Phi) is 5.57. The van der Waals surface area contributed by atoms with E-state index in [9.17, 15) is 0 Å². The van der Waals surface area contributed by atoms with Crippen molar-refractivity contribution in [3.8, 4) is 0 Å². The molecular formula is C15H29N5. The van der Waals surface area contributed by atoms with Crippen LogP contribution in [0.2, 0.25) is 0 Å². The lowest BCUT2D eigenvalue weighted by Crippen LogP contribution is -2.53. The fourth-order valence-electron chi connectivity index (χ4n) is 2.87. The van der Waals surface area contributed by atoms with Crippen molar-refractivity contribution in [1.82, 2.24) is 24.9 Å². The summed E-state index contributed by atoms with van der Waals surface area (Å²) in [6.45, 7) is 11.4. The molecule has 1 aromatic heterocycles. The summed E-state index contributed by atoms with van der Waals surface area (Å²) in [4.78, 5) is 5.05. The van der Waals surface area contributed by atoms with Crippen LogP contribution in [0.1, 0.15) is 19.4 Å². The summed E-state index contributed by atoms with van der Waals surface area (Å²) in [5, 5.41) is 7.80. The van der Waals surface area contributed by atoms with E-state index in [1.807, 2.05) is 17.9 Å². The largest absolute Gasteiger partial charge is 0.311 e. The van der Waals surface area contributed by atoms with E-state index in [1.165, 1.54) is 31.7 Å². The number of nitrogens with one attached hydrogen (secondary N) is 1. The summed E-state index contributed by atoms with van der Waals surface area (Å²) >= 11 is 0. The molecule has 20 heavy (non-hydrogen) atoms. The number of aryl methyl sites for hydroxylation is 1. The van der Waals surface area contributed by atoms with Crippen LogP contribution in [-0.2, 0) is 13.6 Å². The highest BCUT2D eigenvalue weighted by molar-refractivity contribution is 5.02. The second-order valence-corrected chi connectivity index (χ2v) is 6.30. The summed E-state index contributed by atoms with van der Waals surface area (Å²) < 4.78 is 1.86. The van der Waals surface area contributed by atoms with Crippen molar-refractivity contribution in [2.75, 3.05) is 39.8 Å². The Bertz CT molecular complexity index is 393. The molecule has 1 aromatic rings. The van der Waals surface area contributed by atoms with Crippen LogP contribution in [0.4, 0.5) is 0 Å². The van der Waals surface area contributed by atoms with Crippen LogP contribution in [0.5, 0.6) is 0 Å². The van der Waals surface area contributed by atoms with Crippen molar-refractivity contribution in [1.29, 1.82) is 0 Å². The van der Waals surface area contributed by atoms with E-state index in [2.05, 4.69) is 47.3 Å². The minimum absolute atomic E-state index is 0.625. The van der Waals surface area contributed by atoms with Gasteiger partial charge in [0.15, 0.2) is 0 Å². The predicted octanol–water partition coefficient (Wildman–Crippen LogP) is 0.782. The monoisotopic (exact) mass is 279 g/mol. The number of aromatic nitrogens is 2. The molecule has 0 saturated carbocycles. The van der Waals surface area contributed by atoms with Crippen LogP contribution in [0, 0.1) is 5.92 Å². The molecule has 0 spiro atoms. The van der Waals surface area contributed by atoms with Crippen molar-refractivity contribution in [2.24, 2.45) is 13.0 Å². The van der Waals surface area contributed by atoms with Crippen LogP contribution in [0.15, 0.2) is 12.4 Å². The molecule has 5 heteroatoms. The Morgan fingerprint density at radius 2 is 1.90 bits per heavy atom. The average molecular weight is 279 g/mol. The molecule has 0 amide bonds. The van der Waals surface area contributed by atoms with Gasteiger partial charge in [0, 0.05) is 64.1 Å². The molecule has 1 fully saturated rings. The number of rotatable bonds is 6. The second kappa shape index (κ2) is 7.20. The van der Waals surface area contributed by atoms with E-state index in [0.717, 1.165) is 13.1 Å². The first kappa shape index (κ1) is 15.5. The fraction of sp³-hybridized carbons (Fsp3) is 0.800. The van der Waals surface area contributed by atoms with Gasteiger partial charge in [0.25, 0.3) is 0 Å². The minimum atomic E-state index is 0.625. The smallest absolute Gasteiger partial charge is 0.0534 e. The number of piperazine rings is 1. The van der Waals surface area contributed by atoms with E-state index in [0.29, 0.717) is 12.0 Å². The maximum Gasteiger partial charge on any atom is 0.0534 e. The van der Waals surface area contributed by atoms with Gasteiger partial charge in [-0.3, -0.25) is 9.58 Å². The van der Waals surface area contributed by atoms with Crippen molar-refractivity contribution in [3.05, 3.63) is 18.0 Å². The summed E-state index contributed by atoms with van der Waals surface area (Å²) in [5.74, 6) is 0.680. The van der Waals surface area contributed by atoms with Gasteiger partial charge in [-0.05, 0) is 13.0 Å². The van der Waals surface area contributed by atoms with Crippen LogP contribution in [-0.4, -0.2) is 65.4 Å². The summed E-state index contributed by atoms with van der Waals surface area (Å²) in [6, 6.07) is 0.625. The molecule has 1 aliphatic heterocycles. The van der Waals surface area contributed by atoms with Crippen LogP contribution < -0.4 is 5.32 Å². The van der Waals surface area contributed by atoms with Crippen molar-refractivity contribution in [3.63, 3.8) is 0 Å². The van der Waals surface area contributed by atoms with Crippen LogP contribution >= 0.6 is 0 Å². The fourth-order valence-corrected chi connectivity index (χ4v) is 2.87. The SMILES string of the molecule is CC(C)C(CNCc1cnn(C)c1)N1CCN(C)CC1. The summed E-state index contributed by atoms with van der Waals surface area (Å²) in [6.07, 6.45) is 4.01. The molecule has 1 unspecified atom stereocenters. The van der Waals surface area contributed by atoms with Gasteiger partial charge in [-0.1, -0.05) is 13.8 Å². The second-order valence-electron chi connectivity index (χ2n) is 6.30. The van der Waals surface area contributed by atoms with E-state index in [4.69, 9.17) is 0 Å². The van der Waals surface area contributed by atoms with E-state index < -0.39 is 0 Å². The lowest BCUT2D eigenvalue weighted by atomic mass is 10.0. The lowest BCUT2D eigenvalue weighted by Gasteiger charge is -2.40. The van der Waals surface area contributed by atoms with Gasteiger partial charge in [0.1, 0.15) is 0 Å². The number of likely N-dealkylation sites (N-methyl/N-ethyl adjacent to an activating group) is 1. The van der Waals surface area contributed by atoms with Gasteiger partial charge in [0.2, 0.25) is 0 Å². The molecule has 1 aliphatic rings. The first-order valence-corrected chi connectivity index (χ1v) is 7.67.